The van der Waals surface area contributed by atoms with Gasteiger partial charge in [0.15, 0.2) is 0 Å². The summed E-state index contributed by atoms with van der Waals surface area (Å²) in [5.41, 5.74) is 0.752. The van der Waals surface area contributed by atoms with E-state index in [1.165, 1.54) is 6.07 Å². The van der Waals surface area contributed by atoms with Crippen LogP contribution < -0.4 is 5.32 Å². The normalized spacial score (nSPS) is 11.2. The minimum Gasteiger partial charge on any atom is -0.383 e. The molecule has 0 radical (unpaired) electrons. The Labute approximate surface area is 119 Å². The molecule has 0 spiro atoms. The van der Waals surface area contributed by atoms with Gasteiger partial charge in [0.2, 0.25) is 0 Å². The lowest BCUT2D eigenvalue weighted by atomic mass is 10.2. The first-order chi connectivity index (χ1) is 9.15. The van der Waals surface area contributed by atoms with E-state index in [0.29, 0.717) is 13.2 Å². The van der Waals surface area contributed by atoms with Gasteiger partial charge in [0, 0.05) is 43.0 Å². The number of methoxy groups -OCH3 is 1. The highest BCUT2D eigenvalue weighted by Crippen LogP contribution is 2.24. The lowest BCUT2D eigenvalue weighted by Gasteiger charge is -2.13. The number of thioether (sulfide) groups is 1. The van der Waals surface area contributed by atoms with Crippen molar-refractivity contribution in [3.05, 3.63) is 29.6 Å². The van der Waals surface area contributed by atoms with Crippen LogP contribution in [0.1, 0.15) is 5.56 Å². The monoisotopic (exact) mass is 286 g/mol. The molecule has 0 unspecified atom stereocenters. The van der Waals surface area contributed by atoms with E-state index in [9.17, 15) is 4.39 Å². The number of hydrogen-bond donors (Lipinski definition) is 1. The molecular weight excluding hydrogens is 263 g/mol. The van der Waals surface area contributed by atoms with Crippen LogP contribution in [-0.4, -0.2) is 51.6 Å². The maximum absolute atomic E-state index is 13.9. The van der Waals surface area contributed by atoms with Crippen LogP contribution in [0.25, 0.3) is 0 Å². The lowest BCUT2D eigenvalue weighted by Crippen LogP contribution is -2.20. The van der Waals surface area contributed by atoms with Crippen LogP contribution in [0.5, 0.6) is 0 Å². The predicted molar refractivity (Wildman–Crippen MR) is 79.3 cm³/mol. The van der Waals surface area contributed by atoms with E-state index in [1.54, 1.807) is 24.9 Å². The maximum atomic E-state index is 13.9. The van der Waals surface area contributed by atoms with Gasteiger partial charge in [-0.05, 0) is 26.2 Å². The summed E-state index contributed by atoms with van der Waals surface area (Å²) in [6.45, 7) is 2.89. The van der Waals surface area contributed by atoms with Crippen molar-refractivity contribution >= 4 is 11.8 Å². The topological polar surface area (TPSA) is 24.5 Å². The van der Waals surface area contributed by atoms with E-state index < -0.39 is 0 Å². The van der Waals surface area contributed by atoms with Gasteiger partial charge >= 0.3 is 0 Å². The minimum absolute atomic E-state index is 0.139. The third kappa shape index (κ3) is 6.38. The molecule has 1 aromatic carbocycles. The Hall–Kier alpha value is -0.620. The molecule has 1 N–H and O–H groups in total. The molecule has 0 bridgehead atoms. The Morgan fingerprint density at radius 3 is 2.84 bits per heavy atom. The van der Waals surface area contributed by atoms with Crippen LogP contribution in [0.2, 0.25) is 0 Å². The number of hydrogen-bond acceptors (Lipinski definition) is 4. The fraction of sp³-hybridized carbons (Fsp3) is 0.571. The van der Waals surface area contributed by atoms with E-state index in [1.807, 2.05) is 20.2 Å². The Bertz CT molecular complexity index is 374. The molecule has 19 heavy (non-hydrogen) atoms. The first-order valence-electron chi connectivity index (χ1n) is 6.39. The largest absolute Gasteiger partial charge is 0.383 e. The van der Waals surface area contributed by atoms with Crippen molar-refractivity contribution < 1.29 is 9.13 Å². The zero-order valence-corrected chi connectivity index (χ0v) is 12.7. The third-order valence-corrected chi connectivity index (χ3v) is 3.74. The molecule has 0 aliphatic rings. The summed E-state index contributed by atoms with van der Waals surface area (Å²) in [5, 5.41) is 3.19. The standard InChI is InChI=1S/C14H23FN2OS/c1-17(2)8-10-19-14-6-4-5-13(15)12(14)11-16-7-9-18-3/h4-6,16H,7-11H2,1-3H3. The average Bonchev–Trinajstić information content (AvgIpc) is 2.36. The first kappa shape index (κ1) is 16.4. The highest BCUT2D eigenvalue weighted by Gasteiger charge is 2.08. The van der Waals surface area contributed by atoms with Gasteiger partial charge in [-0.2, -0.15) is 0 Å². The number of nitrogens with zero attached hydrogens (tertiary/aromatic N) is 1. The van der Waals surface area contributed by atoms with Crippen molar-refractivity contribution in [2.24, 2.45) is 0 Å². The van der Waals surface area contributed by atoms with Crippen molar-refractivity contribution in [3.63, 3.8) is 0 Å². The first-order valence-corrected chi connectivity index (χ1v) is 7.38. The summed E-state index contributed by atoms with van der Waals surface area (Å²) >= 11 is 1.70. The van der Waals surface area contributed by atoms with Gasteiger partial charge in [-0.3, -0.25) is 0 Å². The number of halogens is 1. The molecule has 0 amide bonds. The molecular formula is C14H23FN2OS. The van der Waals surface area contributed by atoms with Crippen molar-refractivity contribution in [3.8, 4) is 0 Å². The number of nitrogens with one attached hydrogen (secondary N) is 1. The molecule has 5 heteroatoms. The van der Waals surface area contributed by atoms with Gasteiger partial charge in [0.05, 0.1) is 6.61 Å². The van der Waals surface area contributed by atoms with Crippen LogP contribution in [0, 0.1) is 5.82 Å². The predicted octanol–water partition coefficient (Wildman–Crippen LogP) is 2.22. The summed E-state index contributed by atoms with van der Waals surface area (Å²) in [6.07, 6.45) is 0. The summed E-state index contributed by atoms with van der Waals surface area (Å²) in [4.78, 5) is 3.15. The molecule has 1 aromatic rings. The van der Waals surface area contributed by atoms with Crippen LogP contribution >= 0.6 is 11.8 Å². The summed E-state index contributed by atoms with van der Waals surface area (Å²) < 4.78 is 18.8. The van der Waals surface area contributed by atoms with E-state index in [4.69, 9.17) is 4.74 Å². The van der Waals surface area contributed by atoms with E-state index in [-0.39, 0.29) is 5.82 Å². The molecule has 0 aliphatic carbocycles. The van der Waals surface area contributed by atoms with Gasteiger partial charge in [-0.25, -0.2) is 4.39 Å². The van der Waals surface area contributed by atoms with Crippen LogP contribution in [0.3, 0.4) is 0 Å². The number of benzene rings is 1. The molecule has 108 valence electrons. The molecule has 0 atom stereocenters. The Kier molecular flexibility index (Phi) is 8.05. The molecule has 0 aromatic heterocycles. The average molecular weight is 286 g/mol. The van der Waals surface area contributed by atoms with Gasteiger partial charge in [0.25, 0.3) is 0 Å². The van der Waals surface area contributed by atoms with Gasteiger partial charge in [0.1, 0.15) is 5.82 Å². The molecule has 1 rings (SSSR count). The van der Waals surface area contributed by atoms with Crippen LogP contribution in [0.15, 0.2) is 23.1 Å². The van der Waals surface area contributed by atoms with E-state index in [0.717, 1.165) is 29.3 Å². The van der Waals surface area contributed by atoms with Gasteiger partial charge < -0.3 is 15.0 Å². The Morgan fingerprint density at radius 1 is 1.37 bits per heavy atom. The Balaban J connectivity index is 2.56. The number of rotatable bonds is 9. The molecule has 3 nitrogen and oxygen atoms in total. The fourth-order valence-electron chi connectivity index (χ4n) is 1.57. The zero-order valence-electron chi connectivity index (χ0n) is 11.9. The highest BCUT2D eigenvalue weighted by atomic mass is 32.2. The SMILES string of the molecule is COCCNCc1c(F)cccc1SCCN(C)C. The van der Waals surface area contributed by atoms with Crippen LogP contribution in [0.4, 0.5) is 4.39 Å². The molecule has 0 saturated carbocycles. The molecule has 0 heterocycles. The van der Waals surface area contributed by atoms with Gasteiger partial charge in [-0.15, -0.1) is 11.8 Å². The summed E-state index contributed by atoms with van der Waals surface area (Å²) in [7, 11) is 5.74. The van der Waals surface area contributed by atoms with Crippen LogP contribution in [-0.2, 0) is 11.3 Å². The van der Waals surface area contributed by atoms with Crippen molar-refractivity contribution in [2.45, 2.75) is 11.4 Å². The second kappa shape index (κ2) is 9.31. The maximum Gasteiger partial charge on any atom is 0.128 e. The Morgan fingerprint density at radius 2 is 2.16 bits per heavy atom. The third-order valence-electron chi connectivity index (χ3n) is 2.66. The molecule has 0 aliphatic heterocycles. The lowest BCUT2D eigenvalue weighted by molar-refractivity contribution is 0.199. The number of ether oxygens (including phenoxy) is 1. The van der Waals surface area contributed by atoms with Crippen molar-refractivity contribution in [2.75, 3.05) is 46.7 Å². The van der Waals surface area contributed by atoms with E-state index in [2.05, 4.69) is 10.2 Å². The highest BCUT2D eigenvalue weighted by molar-refractivity contribution is 7.99. The van der Waals surface area contributed by atoms with Gasteiger partial charge in [-0.1, -0.05) is 6.07 Å². The minimum atomic E-state index is -0.139. The molecule has 0 saturated heterocycles. The zero-order chi connectivity index (χ0) is 14.1. The quantitative estimate of drug-likeness (QED) is 0.556. The molecule has 0 fully saturated rings. The second-order valence-corrected chi connectivity index (χ2v) is 5.67. The summed E-state index contributed by atoms with van der Waals surface area (Å²) in [5.74, 6) is 0.821. The van der Waals surface area contributed by atoms with E-state index >= 15 is 0 Å². The second-order valence-electron chi connectivity index (χ2n) is 4.54. The fourth-order valence-corrected chi connectivity index (χ4v) is 2.77. The smallest absolute Gasteiger partial charge is 0.128 e. The summed E-state index contributed by atoms with van der Waals surface area (Å²) in [6, 6.07) is 5.27. The van der Waals surface area contributed by atoms with Crippen molar-refractivity contribution in [1.29, 1.82) is 0 Å². The van der Waals surface area contributed by atoms with Crippen molar-refractivity contribution in [1.82, 2.24) is 10.2 Å².